The third-order valence-corrected chi connectivity index (χ3v) is 5.19. The molecule has 0 bridgehead atoms. The van der Waals surface area contributed by atoms with Crippen LogP contribution in [0.2, 0.25) is 0 Å². The Hall–Kier alpha value is -0.690. The van der Waals surface area contributed by atoms with Gasteiger partial charge in [-0.05, 0) is 26.2 Å². The van der Waals surface area contributed by atoms with Gasteiger partial charge in [0.2, 0.25) is 0 Å². The van der Waals surface area contributed by atoms with Crippen molar-refractivity contribution in [1.29, 1.82) is 0 Å². The van der Waals surface area contributed by atoms with E-state index in [4.69, 9.17) is 0 Å². The van der Waals surface area contributed by atoms with Crippen LogP contribution in [0.4, 0.5) is 9.02 Å². The van der Waals surface area contributed by atoms with Crippen molar-refractivity contribution in [3.05, 3.63) is 5.69 Å². The maximum atomic E-state index is 12.9. The molecule has 0 spiro atoms. The second-order valence-corrected chi connectivity index (χ2v) is 6.37. The molecular formula is C9H13FN2O2S2. The van der Waals surface area contributed by atoms with Gasteiger partial charge in [-0.25, -0.2) is 4.98 Å². The summed E-state index contributed by atoms with van der Waals surface area (Å²) in [5.74, 6) is 0. The number of aryl methyl sites for hydroxylation is 1. The van der Waals surface area contributed by atoms with Crippen LogP contribution < -0.4 is 4.90 Å². The molecular weight excluding hydrogens is 251 g/mol. The van der Waals surface area contributed by atoms with E-state index in [0.717, 1.165) is 37.3 Å². The summed E-state index contributed by atoms with van der Waals surface area (Å²) in [5.41, 5.74) is 0.257. The second kappa shape index (κ2) is 4.29. The summed E-state index contributed by atoms with van der Waals surface area (Å²) in [7, 11) is -4.62. The monoisotopic (exact) mass is 264 g/mol. The lowest BCUT2D eigenvalue weighted by atomic mass is 10.1. The summed E-state index contributed by atoms with van der Waals surface area (Å²) in [5, 5.41) is 0.619. The highest BCUT2D eigenvalue weighted by molar-refractivity contribution is 7.88. The fourth-order valence-corrected chi connectivity index (χ4v) is 3.69. The number of nitrogens with zero attached hydrogens (tertiary/aromatic N) is 2. The van der Waals surface area contributed by atoms with Gasteiger partial charge in [0.05, 0.1) is 5.69 Å². The van der Waals surface area contributed by atoms with Gasteiger partial charge in [0.15, 0.2) is 9.34 Å². The van der Waals surface area contributed by atoms with Gasteiger partial charge >= 0.3 is 10.2 Å². The standard InChI is InChI=1S/C9H13FN2O2S2/c1-7-8(16(10,13)14)15-9(11-7)12-5-3-2-4-6-12/h2-6H2,1H3. The third kappa shape index (κ3) is 2.35. The third-order valence-electron chi connectivity index (χ3n) is 2.59. The molecule has 0 amide bonds. The van der Waals surface area contributed by atoms with Gasteiger partial charge in [0.1, 0.15) is 0 Å². The van der Waals surface area contributed by atoms with E-state index < -0.39 is 10.2 Å². The molecule has 1 aromatic heterocycles. The first-order valence-electron chi connectivity index (χ1n) is 5.15. The molecule has 0 aliphatic carbocycles. The zero-order valence-corrected chi connectivity index (χ0v) is 10.6. The van der Waals surface area contributed by atoms with Gasteiger partial charge in [-0.2, -0.15) is 8.42 Å². The number of aromatic nitrogens is 1. The Morgan fingerprint density at radius 3 is 2.44 bits per heavy atom. The highest BCUT2D eigenvalue weighted by atomic mass is 32.3. The molecule has 0 radical (unpaired) electrons. The lowest BCUT2D eigenvalue weighted by Gasteiger charge is -2.25. The molecule has 1 aliphatic rings. The normalized spacial score (nSPS) is 17.8. The Morgan fingerprint density at radius 1 is 1.31 bits per heavy atom. The van der Waals surface area contributed by atoms with Crippen molar-refractivity contribution in [2.24, 2.45) is 0 Å². The molecule has 1 aliphatic heterocycles. The van der Waals surface area contributed by atoms with Crippen LogP contribution in [0.3, 0.4) is 0 Å². The molecule has 2 rings (SSSR count). The summed E-state index contributed by atoms with van der Waals surface area (Å²) >= 11 is 0.925. The van der Waals surface area contributed by atoms with E-state index in [0.29, 0.717) is 5.13 Å². The van der Waals surface area contributed by atoms with Gasteiger partial charge in [0, 0.05) is 13.1 Å². The topological polar surface area (TPSA) is 50.3 Å². The van der Waals surface area contributed by atoms with E-state index in [2.05, 4.69) is 4.98 Å². The molecule has 1 saturated heterocycles. The highest BCUT2D eigenvalue weighted by Crippen LogP contribution is 2.32. The van der Waals surface area contributed by atoms with Crippen LogP contribution in [0.15, 0.2) is 4.21 Å². The molecule has 0 aromatic carbocycles. The molecule has 1 aromatic rings. The van der Waals surface area contributed by atoms with Crippen LogP contribution in [0.1, 0.15) is 25.0 Å². The molecule has 0 atom stereocenters. The van der Waals surface area contributed by atoms with Crippen molar-refractivity contribution in [2.45, 2.75) is 30.4 Å². The van der Waals surface area contributed by atoms with E-state index in [1.807, 2.05) is 4.90 Å². The Labute approximate surface area is 98.3 Å². The lowest BCUT2D eigenvalue weighted by Crippen LogP contribution is -2.29. The van der Waals surface area contributed by atoms with Crippen LogP contribution in [0.5, 0.6) is 0 Å². The van der Waals surface area contributed by atoms with Crippen LogP contribution in [-0.2, 0) is 10.2 Å². The van der Waals surface area contributed by atoms with Crippen LogP contribution in [-0.4, -0.2) is 26.5 Å². The summed E-state index contributed by atoms with van der Waals surface area (Å²) in [6.45, 7) is 3.27. The van der Waals surface area contributed by atoms with Gasteiger partial charge in [-0.3, -0.25) is 0 Å². The van der Waals surface area contributed by atoms with Crippen molar-refractivity contribution in [1.82, 2.24) is 4.98 Å². The number of halogens is 1. The first kappa shape index (κ1) is 11.8. The average molecular weight is 264 g/mol. The van der Waals surface area contributed by atoms with E-state index >= 15 is 0 Å². The van der Waals surface area contributed by atoms with Gasteiger partial charge in [-0.1, -0.05) is 15.2 Å². The number of hydrogen-bond donors (Lipinski definition) is 0. The molecule has 16 heavy (non-hydrogen) atoms. The Kier molecular flexibility index (Phi) is 3.16. The van der Waals surface area contributed by atoms with Crippen molar-refractivity contribution in [2.75, 3.05) is 18.0 Å². The predicted molar refractivity (Wildman–Crippen MR) is 61.2 cm³/mol. The summed E-state index contributed by atoms with van der Waals surface area (Å²) < 4.78 is 34.3. The molecule has 0 unspecified atom stereocenters. The van der Waals surface area contributed by atoms with Gasteiger partial charge in [0.25, 0.3) is 0 Å². The first-order chi connectivity index (χ1) is 7.48. The number of rotatable bonds is 2. The molecule has 1 fully saturated rings. The molecule has 4 nitrogen and oxygen atoms in total. The SMILES string of the molecule is Cc1nc(N2CCCCC2)sc1S(=O)(=O)F. The summed E-state index contributed by atoms with van der Waals surface area (Å²) in [6.07, 6.45) is 3.35. The average Bonchev–Trinajstić information content (AvgIpc) is 2.61. The highest BCUT2D eigenvalue weighted by Gasteiger charge is 2.23. The fraction of sp³-hybridized carbons (Fsp3) is 0.667. The maximum Gasteiger partial charge on any atom is 0.343 e. The lowest BCUT2D eigenvalue weighted by molar-refractivity contribution is 0.553. The molecule has 0 N–H and O–H groups in total. The van der Waals surface area contributed by atoms with Crippen molar-refractivity contribution >= 4 is 26.7 Å². The van der Waals surface area contributed by atoms with E-state index in [-0.39, 0.29) is 9.90 Å². The Morgan fingerprint density at radius 2 is 1.94 bits per heavy atom. The zero-order valence-electron chi connectivity index (χ0n) is 8.94. The first-order valence-corrected chi connectivity index (χ1v) is 7.35. The van der Waals surface area contributed by atoms with E-state index in [1.165, 1.54) is 13.3 Å². The number of anilines is 1. The van der Waals surface area contributed by atoms with Gasteiger partial charge in [-0.15, -0.1) is 0 Å². The largest absolute Gasteiger partial charge is 0.348 e. The van der Waals surface area contributed by atoms with Crippen LogP contribution in [0, 0.1) is 6.92 Å². The van der Waals surface area contributed by atoms with Crippen LogP contribution in [0.25, 0.3) is 0 Å². The minimum absolute atomic E-state index is 0.256. The van der Waals surface area contributed by atoms with E-state index in [9.17, 15) is 12.3 Å². The summed E-state index contributed by atoms with van der Waals surface area (Å²) in [6, 6.07) is 0. The van der Waals surface area contributed by atoms with E-state index in [1.54, 1.807) is 0 Å². The minimum Gasteiger partial charge on any atom is -0.348 e. The molecule has 2 heterocycles. The smallest absolute Gasteiger partial charge is 0.343 e. The molecule has 90 valence electrons. The second-order valence-electron chi connectivity index (χ2n) is 3.85. The predicted octanol–water partition coefficient (Wildman–Crippen LogP) is 2.10. The number of thiazole rings is 1. The Balaban J connectivity index is 2.30. The Bertz CT molecular complexity index is 478. The van der Waals surface area contributed by atoms with Gasteiger partial charge < -0.3 is 4.90 Å². The quantitative estimate of drug-likeness (QED) is 0.768. The minimum atomic E-state index is -4.62. The number of piperidine rings is 1. The number of hydrogen-bond acceptors (Lipinski definition) is 5. The zero-order chi connectivity index (χ0) is 11.8. The molecule has 7 heteroatoms. The van der Waals surface area contributed by atoms with Crippen molar-refractivity contribution in [3.8, 4) is 0 Å². The molecule has 0 saturated carbocycles. The van der Waals surface area contributed by atoms with Crippen LogP contribution >= 0.6 is 11.3 Å². The van der Waals surface area contributed by atoms with Crippen molar-refractivity contribution in [3.63, 3.8) is 0 Å². The maximum absolute atomic E-state index is 12.9. The summed E-state index contributed by atoms with van der Waals surface area (Å²) in [4.78, 5) is 6.15. The van der Waals surface area contributed by atoms with Crippen molar-refractivity contribution < 1.29 is 12.3 Å². The fourth-order valence-electron chi connectivity index (χ4n) is 1.82.